The van der Waals surface area contributed by atoms with Gasteiger partial charge in [-0.15, -0.1) is 0 Å². The van der Waals surface area contributed by atoms with Crippen LogP contribution in [0.25, 0.3) is 0 Å². The van der Waals surface area contributed by atoms with E-state index >= 15 is 0 Å². The number of nitrogens with one attached hydrogen (secondary N) is 2. The number of nitrogens with zero attached hydrogens (tertiary/aromatic N) is 1. The number of hydrogen-bond acceptors (Lipinski definition) is 4. The quantitative estimate of drug-likeness (QED) is 0.874. The Morgan fingerprint density at radius 2 is 2.17 bits per heavy atom. The third-order valence-electron chi connectivity index (χ3n) is 2.55. The van der Waals surface area contributed by atoms with Crippen molar-refractivity contribution in [3.05, 3.63) is 35.1 Å². The lowest BCUT2D eigenvalue weighted by atomic mass is 10.2. The fraction of sp³-hybridized carbons (Fsp3) is 0.250. The summed E-state index contributed by atoms with van der Waals surface area (Å²) in [5.74, 6) is 1.17. The number of aromatic amines is 1. The highest BCUT2D eigenvalue weighted by atomic mass is 35.5. The van der Waals surface area contributed by atoms with Gasteiger partial charge >= 0.3 is 0 Å². The molecular formula is C12H14ClN3O2. The molecule has 0 spiro atoms. The van der Waals surface area contributed by atoms with E-state index in [1.807, 2.05) is 12.1 Å². The topological polar surface area (TPSA) is 59.2 Å². The number of halogens is 1. The van der Waals surface area contributed by atoms with Gasteiger partial charge in [0, 0.05) is 12.7 Å². The van der Waals surface area contributed by atoms with Gasteiger partial charge in [0.05, 0.1) is 31.1 Å². The Morgan fingerprint density at radius 1 is 1.33 bits per heavy atom. The van der Waals surface area contributed by atoms with Gasteiger partial charge in [-0.3, -0.25) is 5.10 Å². The van der Waals surface area contributed by atoms with Crippen molar-refractivity contribution in [2.75, 3.05) is 19.5 Å². The largest absolute Gasteiger partial charge is 0.493 e. The minimum atomic E-state index is 0.547. The molecule has 6 heteroatoms. The van der Waals surface area contributed by atoms with Crippen LogP contribution in [0, 0.1) is 0 Å². The van der Waals surface area contributed by atoms with E-state index in [4.69, 9.17) is 21.1 Å². The van der Waals surface area contributed by atoms with Crippen molar-refractivity contribution < 1.29 is 9.47 Å². The molecule has 2 N–H and O–H groups in total. The zero-order chi connectivity index (χ0) is 13.0. The maximum atomic E-state index is 6.26. The lowest BCUT2D eigenvalue weighted by Gasteiger charge is -2.13. The van der Waals surface area contributed by atoms with Crippen LogP contribution in [0.5, 0.6) is 11.5 Å². The first-order valence-electron chi connectivity index (χ1n) is 5.38. The molecule has 2 rings (SSSR count). The summed E-state index contributed by atoms with van der Waals surface area (Å²) in [7, 11) is 3.15. The van der Waals surface area contributed by atoms with E-state index in [2.05, 4.69) is 15.5 Å². The number of ether oxygens (including phenoxy) is 2. The number of anilines is 1. The predicted molar refractivity (Wildman–Crippen MR) is 70.5 cm³/mol. The van der Waals surface area contributed by atoms with Crippen LogP contribution in [0.4, 0.5) is 5.69 Å². The van der Waals surface area contributed by atoms with Crippen LogP contribution in [-0.2, 0) is 6.54 Å². The second kappa shape index (κ2) is 5.64. The predicted octanol–water partition coefficient (Wildman–Crippen LogP) is 2.69. The first kappa shape index (κ1) is 12.6. The Balaban J connectivity index is 2.18. The minimum Gasteiger partial charge on any atom is -0.493 e. The van der Waals surface area contributed by atoms with E-state index in [1.165, 1.54) is 0 Å². The third-order valence-corrected chi connectivity index (χ3v) is 2.96. The molecule has 2 aromatic rings. The fourth-order valence-corrected chi connectivity index (χ4v) is 1.91. The van der Waals surface area contributed by atoms with Crippen LogP contribution in [0.3, 0.4) is 0 Å². The molecule has 5 nitrogen and oxygen atoms in total. The molecule has 0 aliphatic rings. The normalized spacial score (nSPS) is 10.2. The smallest absolute Gasteiger partial charge is 0.179 e. The minimum absolute atomic E-state index is 0.547. The second-order valence-corrected chi connectivity index (χ2v) is 3.99. The average molecular weight is 268 g/mol. The Hall–Kier alpha value is -1.88. The zero-order valence-electron chi connectivity index (χ0n) is 10.2. The molecule has 1 aromatic carbocycles. The van der Waals surface area contributed by atoms with Crippen molar-refractivity contribution in [1.29, 1.82) is 0 Å². The first-order chi connectivity index (χ1) is 8.76. The number of benzene rings is 1. The van der Waals surface area contributed by atoms with Crippen LogP contribution >= 0.6 is 11.6 Å². The molecule has 0 radical (unpaired) electrons. The van der Waals surface area contributed by atoms with E-state index in [0.29, 0.717) is 23.1 Å². The van der Waals surface area contributed by atoms with Gasteiger partial charge in [-0.1, -0.05) is 17.7 Å². The Bertz CT molecular complexity index is 514. The summed E-state index contributed by atoms with van der Waals surface area (Å²) in [6.45, 7) is 0.582. The van der Waals surface area contributed by atoms with Crippen LogP contribution in [0.15, 0.2) is 24.5 Å². The molecule has 0 saturated heterocycles. The molecule has 0 aliphatic heterocycles. The molecule has 0 amide bonds. The van der Waals surface area contributed by atoms with Gasteiger partial charge in [-0.25, -0.2) is 0 Å². The van der Waals surface area contributed by atoms with E-state index in [9.17, 15) is 0 Å². The lowest BCUT2D eigenvalue weighted by Crippen LogP contribution is -2.01. The highest BCUT2D eigenvalue weighted by molar-refractivity contribution is 6.33. The van der Waals surface area contributed by atoms with E-state index in [0.717, 1.165) is 11.3 Å². The number of H-pyrrole nitrogens is 1. The van der Waals surface area contributed by atoms with Gasteiger partial charge in [0.1, 0.15) is 0 Å². The summed E-state index contributed by atoms with van der Waals surface area (Å²) in [5.41, 5.74) is 1.83. The van der Waals surface area contributed by atoms with Crippen LogP contribution in [-0.4, -0.2) is 24.4 Å². The Labute approximate surface area is 110 Å². The number of methoxy groups -OCH3 is 2. The van der Waals surface area contributed by atoms with Crippen LogP contribution in [0.1, 0.15) is 5.56 Å². The van der Waals surface area contributed by atoms with Crippen LogP contribution in [0.2, 0.25) is 5.02 Å². The molecule has 18 heavy (non-hydrogen) atoms. The maximum Gasteiger partial charge on any atom is 0.179 e. The molecule has 0 saturated carbocycles. The Morgan fingerprint density at radius 3 is 2.78 bits per heavy atom. The van der Waals surface area contributed by atoms with Gasteiger partial charge in [-0.2, -0.15) is 5.10 Å². The van der Waals surface area contributed by atoms with Crippen molar-refractivity contribution in [3.63, 3.8) is 0 Å². The van der Waals surface area contributed by atoms with Gasteiger partial charge in [0.25, 0.3) is 0 Å². The van der Waals surface area contributed by atoms with E-state index in [1.54, 1.807) is 26.6 Å². The fourth-order valence-electron chi connectivity index (χ4n) is 1.61. The summed E-state index contributed by atoms with van der Waals surface area (Å²) in [4.78, 5) is 0. The number of rotatable bonds is 5. The SMILES string of the molecule is COc1ccc(CNc2cn[nH]c2)c(Cl)c1OC. The summed E-state index contributed by atoms with van der Waals surface area (Å²) in [5, 5.41) is 10.3. The highest BCUT2D eigenvalue weighted by Crippen LogP contribution is 2.37. The van der Waals surface area contributed by atoms with Crippen molar-refractivity contribution in [2.24, 2.45) is 0 Å². The summed E-state index contributed by atoms with van der Waals surface area (Å²) in [6, 6.07) is 3.73. The molecule has 96 valence electrons. The molecule has 0 aliphatic carbocycles. The monoisotopic (exact) mass is 267 g/mol. The standard InChI is InChI=1S/C12H14ClN3O2/c1-17-10-4-3-8(11(13)12(10)18-2)5-14-9-6-15-16-7-9/h3-4,6-7,14H,5H2,1-2H3,(H,15,16). The van der Waals surface area contributed by atoms with Gasteiger partial charge in [0.15, 0.2) is 11.5 Å². The molecule has 1 aromatic heterocycles. The van der Waals surface area contributed by atoms with Crippen molar-refractivity contribution in [2.45, 2.75) is 6.54 Å². The molecular weight excluding hydrogens is 254 g/mol. The molecule has 0 atom stereocenters. The average Bonchev–Trinajstić information content (AvgIpc) is 2.90. The van der Waals surface area contributed by atoms with Crippen molar-refractivity contribution in [3.8, 4) is 11.5 Å². The highest BCUT2D eigenvalue weighted by Gasteiger charge is 2.12. The first-order valence-corrected chi connectivity index (χ1v) is 5.76. The van der Waals surface area contributed by atoms with Gasteiger partial charge in [0.2, 0.25) is 0 Å². The lowest BCUT2D eigenvalue weighted by molar-refractivity contribution is 0.355. The summed E-state index contributed by atoms with van der Waals surface area (Å²) in [6.07, 6.45) is 3.48. The Kier molecular flexibility index (Phi) is 3.94. The zero-order valence-corrected chi connectivity index (χ0v) is 10.9. The molecule has 0 fully saturated rings. The van der Waals surface area contributed by atoms with E-state index in [-0.39, 0.29) is 0 Å². The number of hydrogen-bond donors (Lipinski definition) is 2. The molecule has 1 heterocycles. The number of aromatic nitrogens is 2. The van der Waals surface area contributed by atoms with Gasteiger partial charge in [-0.05, 0) is 11.6 Å². The van der Waals surface area contributed by atoms with Gasteiger partial charge < -0.3 is 14.8 Å². The van der Waals surface area contributed by atoms with Crippen molar-refractivity contribution in [1.82, 2.24) is 10.2 Å². The molecule has 0 bridgehead atoms. The summed E-state index contributed by atoms with van der Waals surface area (Å²) < 4.78 is 10.4. The van der Waals surface area contributed by atoms with Crippen LogP contribution < -0.4 is 14.8 Å². The summed E-state index contributed by atoms with van der Waals surface area (Å²) >= 11 is 6.26. The second-order valence-electron chi connectivity index (χ2n) is 3.61. The molecule has 0 unspecified atom stereocenters. The maximum absolute atomic E-state index is 6.26. The van der Waals surface area contributed by atoms with Crippen molar-refractivity contribution >= 4 is 17.3 Å². The van der Waals surface area contributed by atoms with E-state index < -0.39 is 0 Å². The third kappa shape index (κ3) is 2.51.